The summed E-state index contributed by atoms with van der Waals surface area (Å²) in [5, 5.41) is 24.5. The van der Waals surface area contributed by atoms with E-state index in [1.165, 1.54) is 0 Å². The van der Waals surface area contributed by atoms with Crippen LogP contribution < -0.4 is 0 Å². The van der Waals surface area contributed by atoms with Gasteiger partial charge in [-0.05, 0) is 75.0 Å². The van der Waals surface area contributed by atoms with Crippen molar-refractivity contribution in [3.63, 3.8) is 0 Å². The monoisotopic (exact) mass is 502 g/mol. The molecule has 7 heteroatoms. The number of ketones is 1. The van der Waals surface area contributed by atoms with E-state index in [-0.39, 0.29) is 47.2 Å². The third-order valence-electron chi connectivity index (χ3n) is 11.4. The Labute approximate surface area is 211 Å². The molecule has 4 aliphatic carbocycles. The topological polar surface area (TPSA) is 93.1 Å². The van der Waals surface area contributed by atoms with Gasteiger partial charge in [0.15, 0.2) is 17.7 Å². The molecule has 0 aromatic carbocycles. The summed E-state index contributed by atoms with van der Waals surface area (Å²) >= 11 is 6.91. The molecule has 0 unspecified atom stereocenters. The molecule has 0 bridgehead atoms. The van der Waals surface area contributed by atoms with Gasteiger partial charge in [-0.25, -0.2) is 4.79 Å². The number of halogens is 1. The minimum Gasteiger partial charge on any atom is -0.452 e. The van der Waals surface area contributed by atoms with Crippen LogP contribution >= 0.6 is 11.6 Å². The van der Waals surface area contributed by atoms with Crippen molar-refractivity contribution in [1.29, 1.82) is 0 Å². The zero-order valence-corrected chi connectivity index (χ0v) is 21.8. The predicted molar refractivity (Wildman–Crippen MR) is 129 cm³/mol. The van der Waals surface area contributed by atoms with Crippen LogP contribution in [0.3, 0.4) is 0 Å². The number of aliphatic hydroxyl groups is 2. The molecule has 0 aromatic heterocycles. The maximum atomic E-state index is 13.4. The van der Waals surface area contributed by atoms with Crippen molar-refractivity contribution in [2.75, 3.05) is 0 Å². The third kappa shape index (κ3) is 2.57. The Hall–Kier alpha value is -1.47. The van der Waals surface area contributed by atoms with E-state index < -0.39 is 34.4 Å². The van der Waals surface area contributed by atoms with Crippen LogP contribution in [-0.4, -0.2) is 50.9 Å². The third-order valence-corrected chi connectivity index (χ3v) is 11.9. The highest BCUT2D eigenvalue weighted by atomic mass is 35.5. The number of hydrogen-bond donors (Lipinski definition) is 2. The van der Waals surface area contributed by atoms with Crippen molar-refractivity contribution in [3.05, 3.63) is 34.9 Å². The number of allylic oxidation sites excluding steroid dienone is 4. The van der Waals surface area contributed by atoms with Crippen LogP contribution in [0.25, 0.3) is 0 Å². The number of ether oxygens (including phenoxy) is 2. The molecule has 4 fully saturated rings. The molecule has 0 amide bonds. The van der Waals surface area contributed by atoms with E-state index in [1.54, 1.807) is 19.1 Å². The molecule has 6 rings (SSSR count). The molecule has 6 nitrogen and oxygen atoms in total. The lowest BCUT2D eigenvalue weighted by Gasteiger charge is -2.68. The van der Waals surface area contributed by atoms with E-state index >= 15 is 0 Å². The molecule has 190 valence electrons. The molecule has 0 spiro atoms. The smallest absolute Gasteiger partial charge is 0.334 e. The van der Waals surface area contributed by atoms with Crippen LogP contribution in [0.1, 0.15) is 60.3 Å². The highest BCUT2D eigenvalue weighted by molar-refractivity contribution is 6.23. The summed E-state index contributed by atoms with van der Waals surface area (Å²) in [5.41, 5.74) is -0.733. The second kappa shape index (κ2) is 7.09. The second-order valence-corrected chi connectivity index (χ2v) is 12.8. The van der Waals surface area contributed by atoms with Gasteiger partial charge in [0.05, 0.1) is 21.8 Å². The standard InChI is InChI=1S/C28H35ClO6/c1-13-14(2)24(31)34-22(13)23-15(3)27(32)10-9-17-16-11-20(29)18-7-6-8-21(30)25(18,4)19(16)12-28(33,35-23)26(17,27)5/h6-8,15-17,19-20,22-23,32-33H,9-12H2,1-5H3/t15-,16+,17+,19+,20+,22-,23+,25+,26+,27-,28+/m1/s1. The Bertz CT molecular complexity index is 1120. The first kappa shape index (κ1) is 23.9. The van der Waals surface area contributed by atoms with Crippen LogP contribution in [0.2, 0.25) is 0 Å². The van der Waals surface area contributed by atoms with Crippen molar-refractivity contribution < 1.29 is 29.3 Å². The van der Waals surface area contributed by atoms with Crippen molar-refractivity contribution in [3.8, 4) is 0 Å². The zero-order chi connectivity index (χ0) is 25.3. The van der Waals surface area contributed by atoms with Crippen molar-refractivity contribution in [1.82, 2.24) is 0 Å². The number of fused-ring (bicyclic) bond motifs is 4. The zero-order valence-electron chi connectivity index (χ0n) is 21.0. The summed E-state index contributed by atoms with van der Waals surface area (Å²) in [6.45, 7) is 9.45. The highest BCUT2D eigenvalue weighted by Crippen LogP contribution is 2.73. The number of carbonyl (C=O) groups excluding carboxylic acids is 2. The van der Waals surface area contributed by atoms with Gasteiger partial charge in [-0.1, -0.05) is 26.0 Å². The molecule has 2 N–H and O–H groups in total. The van der Waals surface area contributed by atoms with Gasteiger partial charge in [0.1, 0.15) is 6.10 Å². The number of rotatable bonds is 1. The first-order chi connectivity index (χ1) is 16.3. The fourth-order valence-corrected chi connectivity index (χ4v) is 9.62. The minimum atomic E-state index is -1.68. The molecule has 2 heterocycles. The van der Waals surface area contributed by atoms with Gasteiger partial charge in [0.2, 0.25) is 0 Å². The summed E-state index contributed by atoms with van der Waals surface area (Å²) in [6.07, 6.45) is 6.15. The van der Waals surface area contributed by atoms with E-state index in [9.17, 15) is 19.8 Å². The molecule has 2 aliphatic heterocycles. The van der Waals surface area contributed by atoms with E-state index in [0.717, 1.165) is 17.6 Å². The lowest BCUT2D eigenvalue weighted by Crippen LogP contribution is -2.76. The first-order valence-corrected chi connectivity index (χ1v) is 13.3. The van der Waals surface area contributed by atoms with Gasteiger partial charge in [0.25, 0.3) is 0 Å². The molecule has 1 saturated heterocycles. The SMILES string of the molecule is CC1=C(C)[C@H]([C@H]2O[C@@]3(O)C[C@H]4[C@@H](C[C@H](Cl)C5=CC=CC(=O)[C@@]54C)[C@@H]4CC[C@@](O)([C@@H]2C)[C@]43C)OC1=O. The van der Waals surface area contributed by atoms with Crippen LogP contribution in [0.4, 0.5) is 0 Å². The maximum absolute atomic E-state index is 13.4. The molecule has 11 atom stereocenters. The molecule has 6 aliphatic rings. The quantitative estimate of drug-likeness (QED) is 0.418. The van der Waals surface area contributed by atoms with E-state index in [2.05, 4.69) is 0 Å². The minimum absolute atomic E-state index is 0.00987. The summed E-state index contributed by atoms with van der Waals surface area (Å²) in [5.74, 6) is -2.57. The van der Waals surface area contributed by atoms with E-state index in [1.807, 2.05) is 33.8 Å². The predicted octanol–water partition coefficient (Wildman–Crippen LogP) is 3.84. The lowest BCUT2D eigenvalue weighted by atomic mass is 9.43. The van der Waals surface area contributed by atoms with Gasteiger partial charge in [-0.2, -0.15) is 0 Å². The Morgan fingerprint density at radius 3 is 2.51 bits per heavy atom. The van der Waals surface area contributed by atoms with Crippen molar-refractivity contribution in [2.24, 2.45) is 34.5 Å². The summed E-state index contributed by atoms with van der Waals surface area (Å²) in [4.78, 5) is 25.7. The molecule has 3 saturated carbocycles. The second-order valence-electron chi connectivity index (χ2n) is 12.3. The Kier molecular flexibility index (Phi) is 4.84. The van der Waals surface area contributed by atoms with Crippen LogP contribution in [0.15, 0.2) is 34.9 Å². The van der Waals surface area contributed by atoms with Gasteiger partial charge in [-0.3, -0.25) is 4.79 Å². The average molecular weight is 503 g/mol. The number of cyclic esters (lactones) is 1. The molecule has 0 aromatic rings. The largest absolute Gasteiger partial charge is 0.452 e. The summed E-state index contributed by atoms with van der Waals surface area (Å²) < 4.78 is 12.3. The van der Waals surface area contributed by atoms with Crippen molar-refractivity contribution in [2.45, 2.75) is 89.3 Å². The first-order valence-electron chi connectivity index (χ1n) is 12.9. The van der Waals surface area contributed by atoms with Gasteiger partial charge >= 0.3 is 5.97 Å². The molecule has 35 heavy (non-hydrogen) atoms. The number of carbonyl (C=O) groups is 2. The van der Waals surface area contributed by atoms with Crippen LogP contribution in [0.5, 0.6) is 0 Å². The summed E-state index contributed by atoms with van der Waals surface area (Å²) in [7, 11) is 0. The Morgan fingerprint density at radius 1 is 1.14 bits per heavy atom. The van der Waals surface area contributed by atoms with Crippen molar-refractivity contribution >= 4 is 23.4 Å². The van der Waals surface area contributed by atoms with Gasteiger partial charge in [-0.15, -0.1) is 11.6 Å². The maximum Gasteiger partial charge on any atom is 0.334 e. The van der Waals surface area contributed by atoms with Crippen LogP contribution in [-0.2, 0) is 19.1 Å². The van der Waals surface area contributed by atoms with Gasteiger partial charge < -0.3 is 19.7 Å². The van der Waals surface area contributed by atoms with Crippen LogP contribution in [0, 0.1) is 34.5 Å². The Morgan fingerprint density at radius 2 is 1.86 bits per heavy atom. The Balaban J connectivity index is 1.47. The molecule has 0 radical (unpaired) electrons. The van der Waals surface area contributed by atoms with Gasteiger partial charge in [0, 0.05) is 17.9 Å². The number of esters is 1. The lowest BCUT2D eigenvalue weighted by molar-refractivity contribution is -0.413. The fraction of sp³-hybridized carbons (Fsp3) is 0.714. The summed E-state index contributed by atoms with van der Waals surface area (Å²) in [6, 6.07) is 0. The highest BCUT2D eigenvalue weighted by Gasteiger charge is 2.79. The van der Waals surface area contributed by atoms with E-state index in [0.29, 0.717) is 18.4 Å². The molecular formula is C28H35ClO6. The number of hydrogen-bond acceptors (Lipinski definition) is 6. The average Bonchev–Trinajstić information content (AvgIpc) is 3.23. The number of alkyl halides is 1. The van der Waals surface area contributed by atoms with E-state index in [4.69, 9.17) is 21.1 Å². The molecular weight excluding hydrogens is 468 g/mol. The fourth-order valence-electron chi connectivity index (χ4n) is 9.11. The normalized spacial score (nSPS) is 54.7.